The summed E-state index contributed by atoms with van der Waals surface area (Å²) in [5, 5.41) is 9.96. The van der Waals surface area contributed by atoms with Gasteiger partial charge in [-0.25, -0.2) is 4.98 Å². The zero-order valence-corrected chi connectivity index (χ0v) is 15.2. The number of hydrogen-bond donors (Lipinski definition) is 2. The molecule has 4 aromatic rings. The molecule has 2 aromatic carbocycles. The van der Waals surface area contributed by atoms with Crippen LogP contribution in [0.25, 0.3) is 10.9 Å². The topological polar surface area (TPSA) is 49.8 Å². The summed E-state index contributed by atoms with van der Waals surface area (Å²) >= 11 is 1.78. The normalized spacial score (nSPS) is 10.8. The van der Waals surface area contributed by atoms with Crippen molar-refractivity contribution in [2.75, 3.05) is 17.2 Å². The van der Waals surface area contributed by atoms with Crippen molar-refractivity contribution in [1.82, 2.24) is 9.97 Å². The van der Waals surface area contributed by atoms with Gasteiger partial charge < -0.3 is 10.6 Å². The van der Waals surface area contributed by atoms with E-state index in [1.165, 1.54) is 10.4 Å². The van der Waals surface area contributed by atoms with Gasteiger partial charge in [0.25, 0.3) is 0 Å². The fraction of sp³-hybridized carbons (Fsp3) is 0.143. The Balaban J connectivity index is 1.52. The molecule has 4 rings (SSSR count). The highest BCUT2D eigenvalue weighted by molar-refractivity contribution is 7.09. The van der Waals surface area contributed by atoms with Gasteiger partial charge in [0.1, 0.15) is 5.82 Å². The summed E-state index contributed by atoms with van der Waals surface area (Å²) in [7, 11) is 0. The van der Waals surface area contributed by atoms with Gasteiger partial charge in [0.2, 0.25) is 5.95 Å². The number of thiophene rings is 1. The maximum absolute atomic E-state index is 4.70. The monoisotopic (exact) mass is 360 g/mol. The molecule has 0 aliphatic heterocycles. The highest BCUT2D eigenvalue weighted by atomic mass is 32.1. The Morgan fingerprint density at radius 2 is 1.65 bits per heavy atom. The summed E-state index contributed by atoms with van der Waals surface area (Å²) in [6.45, 7) is 1.55. The summed E-state index contributed by atoms with van der Waals surface area (Å²) in [5.74, 6) is 1.52. The van der Waals surface area contributed by atoms with E-state index in [4.69, 9.17) is 4.98 Å². The van der Waals surface area contributed by atoms with Gasteiger partial charge in [0.05, 0.1) is 5.52 Å². The van der Waals surface area contributed by atoms with Crippen molar-refractivity contribution in [2.45, 2.75) is 13.0 Å². The Morgan fingerprint density at radius 1 is 0.808 bits per heavy atom. The van der Waals surface area contributed by atoms with Crippen LogP contribution in [0, 0.1) is 0 Å². The lowest BCUT2D eigenvalue weighted by Crippen LogP contribution is -2.10. The molecular formula is C21H20N4S. The number of benzene rings is 2. The Morgan fingerprint density at radius 3 is 2.50 bits per heavy atom. The lowest BCUT2D eigenvalue weighted by molar-refractivity contribution is 1.00. The molecule has 2 N–H and O–H groups in total. The molecule has 0 atom stereocenters. The molecule has 130 valence electrons. The van der Waals surface area contributed by atoms with Crippen LogP contribution in [-0.2, 0) is 13.0 Å². The number of anilines is 2. The molecular weight excluding hydrogens is 340 g/mol. The van der Waals surface area contributed by atoms with Crippen molar-refractivity contribution in [1.29, 1.82) is 0 Å². The molecule has 0 aliphatic rings. The molecule has 0 saturated carbocycles. The van der Waals surface area contributed by atoms with E-state index in [2.05, 4.69) is 51.3 Å². The van der Waals surface area contributed by atoms with E-state index in [1.54, 1.807) is 11.3 Å². The molecule has 0 spiro atoms. The standard InChI is InChI=1S/C21H20N4S/c1-2-7-16(8-3-1)15-23-20-18-10-4-5-11-19(18)24-21(25-20)22-13-12-17-9-6-14-26-17/h1-11,14H,12-13,15H2,(H2,22,23,24,25). The fourth-order valence-electron chi connectivity index (χ4n) is 2.82. The molecule has 0 amide bonds. The van der Waals surface area contributed by atoms with Gasteiger partial charge in [0.15, 0.2) is 0 Å². The van der Waals surface area contributed by atoms with Crippen LogP contribution in [0.15, 0.2) is 72.1 Å². The molecule has 0 radical (unpaired) electrons. The minimum absolute atomic E-state index is 0.663. The molecule has 2 heterocycles. The van der Waals surface area contributed by atoms with Crippen LogP contribution < -0.4 is 10.6 Å². The number of hydrogen-bond acceptors (Lipinski definition) is 5. The first-order valence-electron chi connectivity index (χ1n) is 8.69. The van der Waals surface area contributed by atoms with E-state index in [0.29, 0.717) is 5.95 Å². The highest BCUT2D eigenvalue weighted by Gasteiger charge is 2.07. The van der Waals surface area contributed by atoms with E-state index in [1.807, 2.05) is 36.4 Å². The van der Waals surface area contributed by atoms with Gasteiger partial charge in [-0.3, -0.25) is 0 Å². The first-order chi connectivity index (χ1) is 12.9. The lowest BCUT2D eigenvalue weighted by atomic mass is 10.2. The number of nitrogens with one attached hydrogen (secondary N) is 2. The minimum Gasteiger partial charge on any atom is -0.365 e. The maximum Gasteiger partial charge on any atom is 0.225 e. The van der Waals surface area contributed by atoms with Crippen LogP contribution in [0.4, 0.5) is 11.8 Å². The average Bonchev–Trinajstić information content (AvgIpc) is 3.20. The van der Waals surface area contributed by atoms with Gasteiger partial charge in [-0.15, -0.1) is 11.3 Å². The third kappa shape index (κ3) is 4.00. The first kappa shape index (κ1) is 16.5. The minimum atomic E-state index is 0.663. The predicted molar refractivity (Wildman–Crippen MR) is 110 cm³/mol. The van der Waals surface area contributed by atoms with Crippen molar-refractivity contribution in [3.8, 4) is 0 Å². The van der Waals surface area contributed by atoms with Gasteiger partial charge >= 0.3 is 0 Å². The highest BCUT2D eigenvalue weighted by Crippen LogP contribution is 2.22. The number of aromatic nitrogens is 2. The number of para-hydroxylation sites is 1. The number of fused-ring (bicyclic) bond motifs is 1. The van der Waals surface area contributed by atoms with Crippen LogP contribution in [0.1, 0.15) is 10.4 Å². The van der Waals surface area contributed by atoms with E-state index in [0.717, 1.165) is 36.2 Å². The van der Waals surface area contributed by atoms with E-state index >= 15 is 0 Å². The van der Waals surface area contributed by atoms with Crippen LogP contribution in [0.3, 0.4) is 0 Å². The van der Waals surface area contributed by atoms with E-state index in [9.17, 15) is 0 Å². The van der Waals surface area contributed by atoms with Crippen molar-refractivity contribution < 1.29 is 0 Å². The van der Waals surface area contributed by atoms with E-state index < -0.39 is 0 Å². The molecule has 4 nitrogen and oxygen atoms in total. The molecule has 0 aliphatic carbocycles. The summed E-state index contributed by atoms with van der Waals surface area (Å²) in [6.07, 6.45) is 0.973. The zero-order chi connectivity index (χ0) is 17.6. The molecule has 2 aromatic heterocycles. The van der Waals surface area contributed by atoms with Crippen LogP contribution in [0.5, 0.6) is 0 Å². The fourth-order valence-corrected chi connectivity index (χ4v) is 3.53. The first-order valence-corrected chi connectivity index (χ1v) is 9.57. The second-order valence-electron chi connectivity index (χ2n) is 6.01. The Hall–Kier alpha value is -2.92. The largest absolute Gasteiger partial charge is 0.365 e. The van der Waals surface area contributed by atoms with Gasteiger partial charge in [-0.2, -0.15) is 4.98 Å². The maximum atomic E-state index is 4.70. The van der Waals surface area contributed by atoms with Gasteiger partial charge in [-0.1, -0.05) is 48.5 Å². The average molecular weight is 360 g/mol. The summed E-state index contributed by atoms with van der Waals surface area (Å²) in [4.78, 5) is 10.7. The molecule has 26 heavy (non-hydrogen) atoms. The quantitative estimate of drug-likeness (QED) is 0.489. The Bertz CT molecular complexity index is 968. The second-order valence-corrected chi connectivity index (χ2v) is 7.04. The van der Waals surface area contributed by atoms with Crippen molar-refractivity contribution in [3.05, 3.63) is 82.6 Å². The third-order valence-corrected chi connectivity index (χ3v) is 5.08. The smallest absolute Gasteiger partial charge is 0.225 e. The Labute approximate surface area is 157 Å². The van der Waals surface area contributed by atoms with Gasteiger partial charge in [0, 0.05) is 23.4 Å². The molecule has 0 fully saturated rings. The van der Waals surface area contributed by atoms with Crippen molar-refractivity contribution in [3.63, 3.8) is 0 Å². The lowest BCUT2D eigenvalue weighted by Gasteiger charge is -2.12. The Kier molecular flexibility index (Phi) is 5.07. The summed E-state index contributed by atoms with van der Waals surface area (Å²) in [5.41, 5.74) is 2.17. The zero-order valence-electron chi connectivity index (χ0n) is 14.4. The predicted octanol–water partition coefficient (Wildman–Crippen LogP) is 4.96. The molecule has 0 bridgehead atoms. The summed E-state index contributed by atoms with van der Waals surface area (Å²) < 4.78 is 0. The van der Waals surface area contributed by atoms with Gasteiger partial charge in [-0.05, 0) is 35.6 Å². The summed E-state index contributed by atoms with van der Waals surface area (Å²) in [6, 6.07) is 22.7. The van der Waals surface area contributed by atoms with Crippen molar-refractivity contribution >= 4 is 34.0 Å². The SMILES string of the molecule is c1ccc(CNc2nc(NCCc3cccs3)nc3ccccc23)cc1. The second kappa shape index (κ2) is 7.97. The molecule has 5 heteroatoms. The van der Waals surface area contributed by atoms with Crippen LogP contribution >= 0.6 is 11.3 Å². The molecule has 0 unspecified atom stereocenters. The number of nitrogens with zero attached hydrogens (tertiary/aromatic N) is 2. The third-order valence-electron chi connectivity index (χ3n) is 4.14. The molecule has 0 saturated heterocycles. The van der Waals surface area contributed by atoms with Crippen LogP contribution in [0.2, 0.25) is 0 Å². The van der Waals surface area contributed by atoms with E-state index in [-0.39, 0.29) is 0 Å². The van der Waals surface area contributed by atoms with Crippen LogP contribution in [-0.4, -0.2) is 16.5 Å². The van der Waals surface area contributed by atoms with Crippen molar-refractivity contribution in [2.24, 2.45) is 0 Å². The number of rotatable bonds is 7.